The smallest absolute Gasteiger partial charge is 0.222 e. The Morgan fingerprint density at radius 1 is 1.19 bits per heavy atom. The second-order valence-corrected chi connectivity index (χ2v) is 7.39. The van der Waals surface area contributed by atoms with Gasteiger partial charge < -0.3 is 9.84 Å². The summed E-state index contributed by atoms with van der Waals surface area (Å²) >= 11 is 0. The topological polar surface area (TPSA) is 55.2 Å². The van der Waals surface area contributed by atoms with Crippen molar-refractivity contribution in [3.8, 4) is 17.1 Å². The first-order valence-electron chi connectivity index (χ1n) is 9.64. The molecule has 0 aliphatic rings. The molecule has 0 aliphatic heterocycles. The van der Waals surface area contributed by atoms with Gasteiger partial charge in [-0.1, -0.05) is 26.8 Å². The molecule has 0 unspecified atom stereocenters. The highest BCUT2D eigenvalue weighted by Crippen LogP contribution is 2.35. The molecule has 0 aromatic carbocycles. The molecule has 2 rings (SSSR count). The molecule has 4 heteroatoms. The number of aromatic nitrogens is 2. The minimum atomic E-state index is 0.188. The minimum Gasteiger partial charge on any atom is -0.480 e. The second-order valence-electron chi connectivity index (χ2n) is 7.39. The van der Waals surface area contributed by atoms with Gasteiger partial charge in [0.15, 0.2) is 0 Å². The van der Waals surface area contributed by atoms with Crippen molar-refractivity contribution >= 4 is 5.57 Å². The van der Waals surface area contributed by atoms with E-state index in [1.165, 1.54) is 5.57 Å². The standard InChI is InChI=1S/C23H32N2O2/c1-8-18(15(4)11-12-26)20-13-16(5)22(24-17(20)6)19-9-10-21(14(2)3)25-23(19)27-7/h8-10,13-15,26H,11-12H2,1-7H3/b18-8-/t15-/m1/s1. The van der Waals surface area contributed by atoms with Crippen LogP contribution >= 0.6 is 0 Å². The van der Waals surface area contributed by atoms with E-state index in [1.807, 2.05) is 19.9 Å². The monoisotopic (exact) mass is 368 g/mol. The van der Waals surface area contributed by atoms with Gasteiger partial charge in [0.25, 0.3) is 0 Å². The molecule has 1 N–H and O–H groups in total. The first-order valence-corrected chi connectivity index (χ1v) is 9.64. The highest BCUT2D eigenvalue weighted by molar-refractivity contribution is 5.74. The number of allylic oxidation sites excluding steroid dienone is 2. The predicted molar refractivity (Wildman–Crippen MR) is 112 cm³/mol. The molecular formula is C23H32N2O2. The van der Waals surface area contributed by atoms with Gasteiger partial charge >= 0.3 is 0 Å². The number of nitrogens with zero attached hydrogens (tertiary/aromatic N) is 2. The lowest BCUT2D eigenvalue weighted by Crippen LogP contribution is -2.06. The van der Waals surface area contributed by atoms with Gasteiger partial charge in [-0.05, 0) is 73.9 Å². The van der Waals surface area contributed by atoms with Crippen LogP contribution in [0.5, 0.6) is 5.88 Å². The number of aliphatic hydroxyl groups is 1. The van der Waals surface area contributed by atoms with Crippen molar-refractivity contribution < 1.29 is 9.84 Å². The molecule has 4 nitrogen and oxygen atoms in total. The van der Waals surface area contributed by atoms with E-state index in [0.29, 0.717) is 11.8 Å². The van der Waals surface area contributed by atoms with E-state index < -0.39 is 0 Å². The van der Waals surface area contributed by atoms with Crippen LogP contribution in [0.25, 0.3) is 16.8 Å². The number of hydrogen-bond acceptors (Lipinski definition) is 4. The molecular weight excluding hydrogens is 336 g/mol. The molecule has 0 saturated heterocycles. The molecule has 0 radical (unpaired) electrons. The van der Waals surface area contributed by atoms with Crippen LogP contribution in [-0.4, -0.2) is 28.8 Å². The lowest BCUT2D eigenvalue weighted by molar-refractivity contribution is 0.276. The molecule has 0 amide bonds. The minimum absolute atomic E-state index is 0.188. The molecule has 146 valence electrons. The Hall–Kier alpha value is -2.20. The zero-order valence-corrected chi connectivity index (χ0v) is 17.6. The molecule has 0 spiro atoms. The Kier molecular flexibility index (Phi) is 7.14. The van der Waals surface area contributed by atoms with Crippen LogP contribution in [-0.2, 0) is 0 Å². The molecule has 0 bridgehead atoms. The number of aliphatic hydroxyl groups excluding tert-OH is 1. The largest absolute Gasteiger partial charge is 0.480 e. The highest BCUT2D eigenvalue weighted by atomic mass is 16.5. The number of aryl methyl sites for hydroxylation is 2. The lowest BCUT2D eigenvalue weighted by atomic mass is 9.89. The van der Waals surface area contributed by atoms with E-state index in [1.54, 1.807) is 7.11 Å². The summed E-state index contributed by atoms with van der Waals surface area (Å²) in [7, 11) is 1.65. The molecule has 0 saturated carbocycles. The van der Waals surface area contributed by atoms with E-state index in [-0.39, 0.29) is 12.5 Å². The summed E-state index contributed by atoms with van der Waals surface area (Å²) in [6.45, 7) is 12.7. The maximum atomic E-state index is 9.30. The summed E-state index contributed by atoms with van der Waals surface area (Å²) in [6, 6.07) is 6.30. The fraction of sp³-hybridized carbons (Fsp3) is 0.478. The predicted octanol–water partition coefficient (Wildman–Crippen LogP) is 5.31. The van der Waals surface area contributed by atoms with E-state index >= 15 is 0 Å². The molecule has 1 atom stereocenters. The van der Waals surface area contributed by atoms with Crippen molar-refractivity contribution in [1.29, 1.82) is 0 Å². The van der Waals surface area contributed by atoms with Crippen LogP contribution in [0.15, 0.2) is 24.3 Å². The van der Waals surface area contributed by atoms with Crippen LogP contribution in [0, 0.1) is 19.8 Å². The van der Waals surface area contributed by atoms with Crippen LogP contribution in [0.1, 0.15) is 62.5 Å². The SMILES string of the molecule is C/C=C(\c1cc(C)c(-c2ccc(C(C)C)nc2OC)nc1C)[C@H](C)CCO. The highest BCUT2D eigenvalue weighted by Gasteiger charge is 2.18. The normalized spacial score (nSPS) is 13.1. The van der Waals surface area contributed by atoms with E-state index in [4.69, 9.17) is 9.72 Å². The van der Waals surface area contributed by atoms with Gasteiger partial charge in [0.1, 0.15) is 0 Å². The van der Waals surface area contributed by atoms with Crippen molar-refractivity contribution in [3.63, 3.8) is 0 Å². The van der Waals surface area contributed by atoms with Gasteiger partial charge in [-0.3, -0.25) is 4.98 Å². The van der Waals surface area contributed by atoms with Gasteiger partial charge in [0, 0.05) is 18.0 Å². The first kappa shape index (κ1) is 21.1. The van der Waals surface area contributed by atoms with E-state index in [2.05, 4.69) is 50.9 Å². The second kappa shape index (κ2) is 9.14. The third-order valence-electron chi connectivity index (χ3n) is 5.04. The molecule has 2 aromatic heterocycles. The summed E-state index contributed by atoms with van der Waals surface area (Å²) in [5.74, 6) is 1.24. The van der Waals surface area contributed by atoms with Crippen LogP contribution < -0.4 is 4.74 Å². The van der Waals surface area contributed by atoms with Crippen molar-refractivity contribution in [2.45, 2.75) is 53.9 Å². The number of rotatable bonds is 7. The van der Waals surface area contributed by atoms with Gasteiger partial charge in [-0.25, -0.2) is 4.98 Å². The summed E-state index contributed by atoms with van der Waals surface area (Å²) < 4.78 is 5.56. The van der Waals surface area contributed by atoms with Gasteiger partial charge in [-0.15, -0.1) is 0 Å². The van der Waals surface area contributed by atoms with Gasteiger partial charge in [0.05, 0.1) is 18.4 Å². The van der Waals surface area contributed by atoms with Crippen molar-refractivity contribution in [1.82, 2.24) is 9.97 Å². The Bertz CT molecular complexity index is 825. The summed E-state index contributed by atoms with van der Waals surface area (Å²) in [5.41, 5.74) is 7.26. The van der Waals surface area contributed by atoms with Crippen LogP contribution in [0.3, 0.4) is 0 Å². The van der Waals surface area contributed by atoms with Crippen molar-refractivity contribution in [2.24, 2.45) is 5.92 Å². The van der Waals surface area contributed by atoms with E-state index in [9.17, 15) is 5.11 Å². The molecule has 0 aliphatic carbocycles. The molecule has 2 heterocycles. The Labute approximate surface area is 163 Å². The quantitative estimate of drug-likeness (QED) is 0.719. The number of pyridine rings is 2. The Morgan fingerprint density at radius 3 is 2.44 bits per heavy atom. The lowest BCUT2D eigenvalue weighted by Gasteiger charge is -2.19. The average molecular weight is 369 g/mol. The van der Waals surface area contributed by atoms with Crippen molar-refractivity contribution in [3.05, 3.63) is 46.8 Å². The Morgan fingerprint density at radius 2 is 1.89 bits per heavy atom. The Balaban J connectivity index is 2.54. The number of ether oxygens (including phenoxy) is 1. The third-order valence-corrected chi connectivity index (χ3v) is 5.04. The first-order chi connectivity index (χ1) is 12.8. The van der Waals surface area contributed by atoms with Gasteiger partial charge in [0.2, 0.25) is 5.88 Å². The molecule has 27 heavy (non-hydrogen) atoms. The fourth-order valence-electron chi connectivity index (χ4n) is 3.44. The molecule has 0 fully saturated rings. The fourth-order valence-corrected chi connectivity index (χ4v) is 3.44. The summed E-state index contributed by atoms with van der Waals surface area (Å²) in [5, 5.41) is 9.30. The molecule has 2 aromatic rings. The van der Waals surface area contributed by atoms with Crippen molar-refractivity contribution in [2.75, 3.05) is 13.7 Å². The maximum Gasteiger partial charge on any atom is 0.222 e. The van der Waals surface area contributed by atoms with Crippen LogP contribution in [0.4, 0.5) is 0 Å². The number of methoxy groups -OCH3 is 1. The third kappa shape index (κ3) is 4.56. The summed E-state index contributed by atoms with van der Waals surface area (Å²) in [6.07, 6.45) is 2.87. The van der Waals surface area contributed by atoms with Crippen LogP contribution in [0.2, 0.25) is 0 Å². The summed E-state index contributed by atoms with van der Waals surface area (Å²) in [4.78, 5) is 9.58. The van der Waals surface area contributed by atoms with E-state index in [0.717, 1.165) is 40.2 Å². The zero-order valence-electron chi connectivity index (χ0n) is 17.6. The van der Waals surface area contributed by atoms with Gasteiger partial charge in [-0.2, -0.15) is 0 Å². The average Bonchev–Trinajstić information content (AvgIpc) is 2.64. The number of hydrogen-bond donors (Lipinski definition) is 1. The zero-order chi connectivity index (χ0) is 20.1. The maximum absolute atomic E-state index is 9.30.